The second kappa shape index (κ2) is 12.7. The minimum absolute atomic E-state index is 0.0406. The van der Waals surface area contributed by atoms with E-state index in [9.17, 15) is 0 Å². The SMILES string of the molecule is C=CC.CCC1=CC=C1.Cc1cc(-c2ccc3c(c2)c2cccc4c2n3-c2ccccc2C4(C)C)ccc1N(C)c1ccccc1. The Balaban J connectivity index is 0.000000362. The molecule has 0 atom stereocenters. The molecule has 0 fully saturated rings. The van der Waals surface area contributed by atoms with E-state index in [1.165, 1.54) is 78.7 Å². The first-order valence-corrected chi connectivity index (χ1v) is 16.3. The lowest BCUT2D eigenvalue weighted by atomic mass is 9.75. The third-order valence-electron chi connectivity index (χ3n) is 9.34. The molecule has 1 aliphatic heterocycles. The van der Waals surface area contributed by atoms with E-state index in [-0.39, 0.29) is 5.41 Å². The first kappa shape index (κ1) is 30.9. The minimum atomic E-state index is -0.0406. The Labute approximate surface area is 274 Å². The summed E-state index contributed by atoms with van der Waals surface area (Å²) >= 11 is 0. The number of hydrogen-bond acceptors (Lipinski definition) is 1. The minimum Gasteiger partial charge on any atom is -0.344 e. The lowest BCUT2D eigenvalue weighted by molar-refractivity contribution is 0.630. The fourth-order valence-corrected chi connectivity index (χ4v) is 6.82. The molecule has 8 rings (SSSR count). The van der Waals surface area contributed by atoms with Gasteiger partial charge >= 0.3 is 0 Å². The lowest BCUT2D eigenvalue weighted by Crippen LogP contribution is -2.26. The predicted octanol–water partition coefficient (Wildman–Crippen LogP) is 12.3. The van der Waals surface area contributed by atoms with Crippen LogP contribution in [-0.4, -0.2) is 11.6 Å². The van der Waals surface area contributed by atoms with Gasteiger partial charge < -0.3 is 9.47 Å². The highest BCUT2D eigenvalue weighted by Gasteiger charge is 2.34. The van der Waals surface area contributed by atoms with Gasteiger partial charge in [-0.15, -0.1) is 6.58 Å². The molecule has 0 spiro atoms. The monoisotopic (exact) mass is 600 g/mol. The van der Waals surface area contributed by atoms with E-state index in [0.717, 1.165) is 0 Å². The molecule has 0 unspecified atom stereocenters. The van der Waals surface area contributed by atoms with Crippen molar-refractivity contribution in [2.75, 3.05) is 11.9 Å². The number of allylic oxidation sites excluding steroid dienone is 5. The van der Waals surface area contributed by atoms with Gasteiger partial charge in [0.2, 0.25) is 0 Å². The number of aromatic nitrogens is 1. The number of hydrogen-bond donors (Lipinski definition) is 0. The van der Waals surface area contributed by atoms with E-state index in [4.69, 9.17) is 0 Å². The van der Waals surface area contributed by atoms with Crippen LogP contribution >= 0.6 is 0 Å². The van der Waals surface area contributed by atoms with E-state index in [1.807, 2.05) is 6.92 Å². The molecule has 0 radical (unpaired) electrons. The molecule has 1 aliphatic carbocycles. The maximum absolute atomic E-state index is 3.36. The number of benzene rings is 5. The van der Waals surface area contributed by atoms with Crippen LogP contribution in [0.15, 0.2) is 146 Å². The van der Waals surface area contributed by atoms with Gasteiger partial charge in [-0.1, -0.05) is 112 Å². The van der Waals surface area contributed by atoms with E-state index in [2.05, 4.69) is 178 Å². The Morgan fingerprint density at radius 1 is 0.783 bits per heavy atom. The van der Waals surface area contributed by atoms with Gasteiger partial charge in [-0.2, -0.15) is 0 Å². The number of para-hydroxylation sites is 3. The Morgan fingerprint density at radius 3 is 2.09 bits per heavy atom. The molecule has 2 heterocycles. The van der Waals surface area contributed by atoms with Gasteiger partial charge in [0, 0.05) is 34.6 Å². The van der Waals surface area contributed by atoms with Crippen molar-refractivity contribution in [2.45, 2.75) is 46.5 Å². The van der Waals surface area contributed by atoms with Crippen LogP contribution in [0.4, 0.5) is 11.4 Å². The molecule has 230 valence electrons. The Kier molecular flexibility index (Phi) is 8.56. The number of anilines is 2. The van der Waals surface area contributed by atoms with Crippen molar-refractivity contribution in [1.82, 2.24) is 4.57 Å². The van der Waals surface area contributed by atoms with Gasteiger partial charge in [0.05, 0.1) is 16.7 Å². The molecular weight excluding hydrogens is 556 g/mol. The quantitative estimate of drug-likeness (QED) is 0.183. The van der Waals surface area contributed by atoms with Crippen LogP contribution in [0.2, 0.25) is 0 Å². The van der Waals surface area contributed by atoms with Crippen molar-refractivity contribution >= 4 is 33.2 Å². The molecule has 0 N–H and O–H groups in total. The van der Waals surface area contributed by atoms with E-state index in [1.54, 1.807) is 6.08 Å². The average molecular weight is 601 g/mol. The molecule has 0 bridgehead atoms. The normalized spacial score (nSPS) is 13.4. The van der Waals surface area contributed by atoms with Gasteiger partial charge in [0.15, 0.2) is 0 Å². The highest BCUT2D eigenvalue weighted by Crippen LogP contribution is 2.47. The first-order valence-electron chi connectivity index (χ1n) is 16.3. The fourth-order valence-electron chi connectivity index (χ4n) is 6.82. The highest BCUT2D eigenvalue weighted by atomic mass is 15.1. The second-order valence-corrected chi connectivity index (χ2v) is 12.7. The summed E-state index contributed by atoms with van der Waals surface area (Å²) in [4.78, 5) is 2.26. The lowest BCUT2D eigenvalue weighted by Gasteiger charge is -2.34. The number of fused-ring (bicyclic) bond motifs is 5. The van der Waals surface area contributed by atoms with Crippen molar-refractivity contribution in [1.29, 1.82) is 0 Å². The largest absolute Gasteiger partial charge is 0.344 e. The van der Waals surface area contributed by atoms with Gasteiger partial charge in [0.1, 0.15) is 0 Å². The van der Waals surface area contributed by atoms with E-state index >= 15 is 0 Å². The number of nitrogens with zero attached hydrogens (tertiary/aromatic N) is 2. The highest BCUT2D eigenvalue weighted by molar-refractivity contribution is 6.12. The number of aryl methyl sites for hydroxylation is 1. The first-order chi connectivity index (χ1) is 22.3. The summed E-state index contributed by atoms with van der Waals surface area (Å²) in [5.41, 5.74) is 14.3. The summed E-state index contributed by atoms with van der Waals surface area (Å²) in [7, 11) is 2.14. The molecule has 6 aromatic rings. The third kappa shape index (κ3) is 5.39. The Hall–Kier alpha value is -5.08. The average Bonchev–Trinajstić information content (AvgIpc) is 3.38. The van der Waals surface area contributed by atoms with Crippen molar-refractivity contribution in [2.24, 2.45) is 0 Å². The zero-order valence-electron chi connectivity index (χ0n) is 28.0. The van der Waals surface area contributed by atoms with Crippen molar-refractivity contribution in [3.05, 3.63) is 162 Å². The molecule has 46 heavy (non-hydrogen) atoms. The molecule has 5 aromatic carbocycles. The van der Waals surface area contributed by atoms with E-state index in [0.29, 0.717) is 0 Å². The number of rotatable bonds is 4. The van der Waals surface area contributed by atoms with Gasteiger partial charge in [-0.05, 0) is 96.1 Å². The Bertz CT molecular complexity index is 2100. The van der Waals surface area contributed by atoms with Crippen LogP contribution in [0, 0.1) is 6.92 Å². The van der Waals surface area contributed by atoms with Crippen LogP contribution in [0.3, 0.4) is 0 Å². The van der Waals surface area contributed by atoms with Crippen LogP contribution in [0.1, 0.15) is 50.8 Å². The molecule has 1 aromatic heterocycles. The molecule has 0 saturated heterocycles. The molecular formula is C44H44N2. The van der Waals surface area contributed by atoms with Crippen LogP contribution < -0.4 is 4.90 Å². The summed E-state index contributed by atoms with van der Waals surface area (Å²) in [6, 6.07) is 40.0. The molecule has 2 heteroatoms. The van der Waals surface area contributed by atoms with Crippen molar-refractivity contribution in [3.63, 3.8) is 0 Å². The van der Waals surface area contributed by atoms with Gasteiger partial charge in [0.25, 0.3) is 0 Å². The maximum Gasteiger partial charge on any atom is 0.0582 e. The Morgan fingerprint density at radius 2 is 1.43 bits per heavy atom. The van der Waals surface area contributed by atoms with Gasteiger partial charge in [-0.25, -0.2) is 0 Å². The topological polar surface area (TPSA) is 8.17 Å². The summed E-state index contributed by atoms with van der Waals surface area (Å²) in [6.45, 7) is 14.3. The summed E-state index contributed by atoms with van der Waals surface area (Å²) in [5, 5.41) is 2.64. The van der Waals surface area contributed by atoms with Crippen molar-refractivity contribution in [3.8, 4) is 16.8 Å². The van der Waals surface area contributed by atoms with Crippen molar-refractivity contribution < 1.29 is 0 Å². The van der Waals surface area contributed by atoms with Crippen LogP contribution in [0.5, 0.6) is 0 Å². The summed E-state index contributed by atoms with van der Waals surface area (Å²) in [5.74, 6) is 0. The zero-order chi connectivity index (χ0) is 32.4. The third-order valence-corrected chi connectivity index (χ3v) is 9.34. The zero-order valence-corrected chi connectivity index (χ0v) is 28.0. The molecule has 0 amide bonds. The molecule has 0 saturated carbocycles. The van der Waals surface area contributed by atoms with Crippen LogP contribution in [-0.2, 0) is 5.41 Å². The predicted molar refractivity (Wildman–Crippen MR) is 201 cm³/mol. The van der Waals surface area contributed by atoms with E-state index < -0.39 is 0 Å². The smallest absolute Gasteiger partial charge is 0.0582 e. The summed E-state index contributed by atoms with van der Waals surface area (Å²) in [6.07, 6.45) is 9.29. The van der Waals surface area contributed by atoms with Crippen LogP contribution in [0.25, 0.3) is 38.6 Å². The molecule has 2 nitrogen and oxygen atoms in total. The van der Waals surface area contributed by atoms with Gasteiger partial charge in [-0.3, -0.25) is 0 Å². The summed E-state index contributed by atoms with van der Waals surface area (Å²) < 4.78 is 2.48. The maximum atomic E-state index is 3.36. The molecule has 2 aliphatic rings. The second-order valence-electron chi connectivity index (χ2n) is 12.7. The standard InChI is InChI=1S/C35H30N2.C6H8.C3H6/c1-23-21-24(17-19-31(23)36(4)26-11-6-5-7-12-26)25-18-20-32-28(22-25)27-13-10-15-30-34(27)37(32)33-16-9-8-14-29(33)35(30,2)3;1-2-6-4-3-5-6;1-3-2/h5-22H,1-4H3;3-5H,2H2,1H3;3H,1H2,2H3. The fraction of sp³-hybridized carbons (Fsp3) is 0.182.